The smallest absolute Gasteiger partial charge is 0.406 e. The van der Waals surface area contributed by atoms with Crippen LogP contribution in [0.1, 0.15) is 62.5 Å². The molecular formula is C40H45Cl2F3N4O2. The van der Waals surface area contributed by atoms with Crippen molar-refractivity contribution in [3.63, 3.8) is 0 Å². The van der Waals surface area contributed by atoms with E-state index in [0.717, 1.165) is 86.0 Å². The van der Waals surface area contributed by atoms with Gasteiger partial charge in [0.1, 0.15) is 5.75 Å². The van der Waals surface area contributed by atoms with Crippen LogP contribution in [0.4, 0.5) is 13.2 Å². The average molecular weight is 742 g/mol. The van der Waals surface area contributed by atoms with Crippen LogP contribution < -0.4 is 15.8 Å². The van der Waals surface area contributed by atoms with Crippen LogP contribution in [0, 0.1) is 11.8 Å². The van der Waals surface area contributed by atoms with Gasteiger partial charge in [-0.15, -0.1) is 13.2 Å². The summed E-state index contributed by atoms with van der Waals surface area (Å²) in [5.41, 5.74) is 10.8. The van der Waals surface area contributed by atoms with Gasteiger partial charge in [0.25, 0.3) is 0 Å². The maximum Gasteiger partial charge on any atom is 0.573 e. The molecule has 1 saturated carbocycles. The number of ether oxygens (including phenoxy) is 1. The van der Waals surface area contributed by atoms with Crippen LogP contribution in [0.5, 0.6) is 5.75 Å². The number of nitrogens with two attached hydrogens (primary N) is 1. The third kappa shape index (κ3) is 8.44. The SMILES string of the molecule is NC1(C(=O)CCCCn2cc(-c3ccc(OC(F)(F)F)cc3)c3cc(CC4CC5CC(C4)N(Cc4c(Cl)cccc4Cl)C5)ccc32)CCNCC1. The molecule has 2 bridgehead atoms. The van der Waals surface area contributed by atoms with Gasteiger partial charge in [-0.1, -0.05) is 47.5 Å². The second kappa shape index (κ2) is 15.1. The molecule has 3 heterocycles. The fourth-order valence-electron chi connectivity index (χ4n) is 8.73. The lowest BCUT2D eigenvalue weighted by Gasteiger charge is -2.32. The van der Waals surface area contributed by atoms with Gasteiger partial charge in [0.2, 0.25) is 0 Å². The molecule has 3 N–H and O–H groups in total. The predicted molar refractivity (Wildman–Crippen MR) is 197 cm³/mol. The van der Waals surface area contributed by atoms with Crippen molar-refractivity contribution in [2.75, 3.05) is 19.6 Å². The van der Waals surface area contributed by atoms with Crippen LogP contribution in [0.25, 0.3) is 22.0 Å². The highest BCUT2D eigenvalue weighted by molar-refractivity contribution is 6.36. The Bertz CT molecular complexity index is 1830. The molecule has 7 rings (SSSR count). The van der Waals surface area contributed by atoms with E-state index in [1.165, 1.54) is 30.5 Å². The number of hydrogen-bond donors (Lipinski definition) is 2. The number of carbonyl (C=O) groups excluding carboxylic acids is 1. The summed E-state index contributed by atoms with van der Waals surface area (Å²) in [6.07, 6.45) is 5.15. The second-order valence-corrected chi connectivity index (χ2v) is 15.7. The van der Waals surface area contributed by atoms with Crippen molar-refractivity contribution < 1.29 is 22.7 Å². The number of rotatable bonds is 12. The molecule has 1 aromatic heterocycles. The van der Waals surface area contributed by atoms with Gasteiger partial charge in [-0.2, -0.15) is 0 Å². The zero-order valence-corrected chi connectivity index (χ0v) is 30.2. The molecule has 3 fully saturated rings. The lowest BCUT2D eigenvalue weighted by molar-refractivity contribution is -0.274. The van der Waals surface area contributed by atoms with Crippen molar-refractivity contribution in [2.45, 2.75) is 88.8 Å². The first kappa shape index (κ1) is 36.3. The molecule has 51 heavy (non-hydrogen) atoms. The standard InChI is InChI=1S/C40H45Cl2F3N4O2/c41-35-4-3-5-36(42)34(35)25-49-23-28-19-27(20-30(49)21-28)18-26-7-12-37-32(22-26)33(29-8-10-31(11-9-29)51-40(43,44)45)24-48(37)17-2-1-6-38(50)39(46)13-15-47-16-14-39/h3-5,7-12,22,24,27-28,30,47H,1-2,6,13-21,23,25,46H2. The summed E-state index contributed by atoms with van der Waals surface area (Å²) in [5, 5.41) is 5.77. The first-order valence-corrected chi connectivity index (χ1v) is 18.9. The van der Waals surface area contributed by atoms with Crippen molar-refractivity contribution in [1.82, 2.24) is 14.8 Å². The number of unbranched alkanes of at least 4 members (excludes halogenated alkanes) is 1. The zero-order valence-electron chi connectivity index (χ0n) is 28.7. The summed E-state index contributed by atoms with van der Waals surface area (Å²) in [6.45, 7) is 4.07. The molecule has 0 amide bonds. The largest absolute Gasteiger partial charge is 0.573 e. The Morgan fingerprint density at radius 1 is 0.980 bits per heavy atom. The number of alkyl halides is 3. The van der Waals surface area contributed by atoms with Crippen LogP contribution in [-0.4, -0.2) is 52.8 Å². The number of Topliss-reactive ketones (excluding diaryl/α,β-unsaturated/α-hetero) is 1. The van der Waals surface area contributed by atoms with Crippen molar-refractivity contribution in [1.29, 1.82) is 0 Å². The molecule has 6 nitrogen and oxygen atoms in total. The van der Waals surface area contributed by atoms with Gasteiger partial charge in [-0.3, -0.25) is 9.69 Å². The maximum atomic E-state index is 13.0. The van der Waals surface area contributed by atoms with Gasteiger partial charge < -0.3 is 20.4 Å². The lowest BCUT2D eigenvalue weighted by atomic mass is 9.79. The molecular weight excluding hydrogens is 696 g/mol. The minimum absolute atomic E-state index is 0.139. The molecule has 0 radical (unpaired) electrons. The zero-order chi connectivity index (χ0) is 35.8. The monoisotopic (exact) mass is 740 g/mol. The number of halogens is 5. The second-order valence-electron chi connectivity index (χ2n) is 14.9. The molecule has 2 aliphatic heterocycles. The highest BCUT2D eigenvalue weighted by Gasteiger charge is 2.40. The maximum absolute atomic E-state index is 13.0. The van der Waals surface area contributed by atoms with Crippen LogP contribution >= 0.6 is 23.2 Å². The fourth-order valence-corrected chi connectivity index (χ4v) is 9.25. The van der Waals surface area contributed by atoms with Gasteiger partial charge in [-0.25, -0.2) is 0 Å². The van der Waals surface area contributed by atoms with Crippen molar-refractivity contribution >= 4 is 39.9 Å². The Morgan fingerprint density at radius 3 is 2.45 bits per heavy atom. The number of benzene rings is 3. The summed E-state index contributed by atoms with van der Waals surface area (Å²) in [5.74, 6) is 1.08. The normalized spacial score (nSPS) is 22.0. The number of ketones is 1. The lowest BCUT2D eigenvalue weighted by Crippen LogP contribution is -2.54. The molecule has 272 valence electrons. The minimum Gasteiger partial charge on any atom is -0.406 e. The summed E-state index contributed by atoms with van der Waals surface area (Å²) < 4.78 is 45.0. The van der Waals surface area contributed by atoms with Crippen molar-refractivity contribution in [3.8, 4) is 16.9 Å². The van der Waals surface area contributed by atoms with Gasteiger partial charge in [0, 0.05) is 70.4 Å². The summed E-state index contributed by atoms with van der Waals surface area (Å²) in [6, 6.07) is 18.9. The van der Waals surface area contributed by atoms with Crippen LogP contribution in [0.2, 0.25) is 10.0 Å². The molecule has 1 aliphatic carbocycles. The highest BCUT2D eigenvalue weighted by Crippen LogP contribution is 2.42. The number of piperidine rings is 1. The third-order valence-electron chi connectivity index (χ3n) is 11.3. The van der Waals surface area contributed by atoms with Crippen molar-refractivity contribution in [3.05, 3.63) is 88.0 Å². The van der Waals surface area contributed by atoms with Crippen LogP contribution in [-0.2, 0) is 24.3 Å². The summed E-state index contributed by atoms with van der Waals surface area (Å²) in [4.78, 5) is 15.5. The Hall–Kier alpha value is -3.08. The first-order chi connectivity index (χ1) is 24.4. The molecule has 3 aliphatic rings. The Kier molecular flexibility index (Phi) is 10.8. The number of carbonyl (C=O) groups is 1. The van der Waals surface area contributed by atoms with E-state index in [2.05, 4.69) is 43.9 Å². The molecule has 4 aromatic rings. The highest BCUT2D eigenvalue weighted by atomic mass is 35.5. The summed E-state index contributed by atoms with van der Waals surface area (Å²) >= 11 is 13.0. The van der Waals surface area contributed by atoms with E-state index < -0.39 is 11.9 Å². The minimum atomic E-state index is -4.75. The average Bonchev–Trinajstić information content (AvgIpc) is 3.59. The number of hydrogen-bond acceptors (Lipinski definition) is 5. The Labute approximate surface area is 307 Å². The first-order valence-electron chi connectivity index (χ1n) is 18.1. The van der Waals surface area contributed by atoms with E-state index >= 15 is 0 Å². The van der Waals surface area contributed by atoms with E-state index in [9.17, 15) is 18.0 Å². The molecule has 0 spiro atoms. The molecule has 11 heteroatoms. The molecule has 3 unspecified atom stereocenters. The molecule has 3 atom stereocenters. The number of aryl methyl sites for hydroxylation is 1. The Morgan fingerprint density at radius 2 is 1.73 bits per heavy atom. The number of nitrogens with zero attached hydrogens (tertiary/aromatic N) is 2. The van der Waals surface area contributed by atoms with Gasteiger partial charge >= 0.3 is 6.36 Å². The van der Waals surface area contributed by atoms with Gasteiger partial charge in [-0.05, 0) is 124 Å². The summed E-state index contributed by atoms with van der Waals surface area (Å²) in [7, 11) is 0. The van der Waals surface area contributed by atoms with E-state index in [4.69, 9.17) is 28.9 Å². The topological polar surface area (TPSA) is 72.5 Å². The Balaban J connectivity index is 1.07. The van der Waals surface area contributed by atoms with Gasteiger partial charge in [0.15, 0.2) is 5.78 Å². The predicted octanol–water partition coefficient (Wildman–Crippen LogP) is 9.18. The quantitative estimate of drug-likeness (QED) is 0.142. The van der Waals surface area contributed by atoms with E-state index in [1.54, 1.807) is 12.1 Å². The third-order valence-corrected chi connectivity index (χ3v) is 12.0. The van der Waals surface area contributed by atoms with Crippen LogP contribution in [0.3, 0.4) is 0 Å². The molecule has 2 saturated heterocycles. The molecule has 3 aromatic carbocycles. The van der Waals surface area contributed by atoms with Gasteiger partial charge in [0.05, 0.1) is 5.54 Å². The van der Waals surface area contributed by atoms with Crippen molar-refractivity contribution in [2.24, 2.45) is 17.6 Å². The number of aromatic nitrogens is 1. The van der Waals surface area contributed by atoms with E-state index in [0.29, 0.717) is 47.2 Å². The number of fused-ring (bicyclic) bond motifs is 3. The number of nitrogens with one attached hydrogen (secondary N) is 1. The van der Waals surface area contributed by atoms with Crippen LogP contribution in [0.15, 0.2) is 66.9 Å². The number of likely N-dealkylation sites (tertiary alicyclic amines) is 1. The van der Waals surface area contributed by atoms with E-state index in [-0.39, 0.29) is 11.5 Å². The fraction of sp³-hybridized carbons (Fsp3) is 0.475. The van der Waals surface area contributed by atoms with E-state index in [1.807, 2.05) is 18.2 Å².